The highest BCUT2D eigenvalue weighted by Gasteiger charge is 2.36. The van der Waals surface area contributed by atoms with Crippen LogP contribution in [-0.4, -0.2) is 121 Å². The zero-order valence-corrected chi connectivity index (χ0v) is 28.0. The van der Waals surface area contributed by atoms with Crippen LogP contribution in [0.3, 0.4) is 0 Å². The number of para-hydroxylation sites is 1. The third-order valence-electron chi connectivity index (χ3n) is 10.3. The molecule has 0 saturated carbocycles. The van der Waals surface area contributed by atoms with Crippen molar-refractivity contribution in [1.82, 2.24) is 19.6 Å². The summed E-state index contributed by atoms with van der Waals surface area (Å²) in [6, 6.07) is 11.9. The quantitative estimate of drug-likeness (QED) is 0.425. The predicted molar refractivity (Wildman–Crippen MR) is 179 cm³/mol. The van der Waals surface area contributed by atoms with Gasteiger partial charge in [0.25, 0.3) is 12.4 Å². The number of hydrogen-bond acceptors (Lipinski definition) is 8. The lowest BCUT2D eigenvalue weighted by Gasteiger charge is -2.41. The van der Waals surface area contributed by atoms with Crippen LogP contribution in [0.25, 0.3) is 0 Å². The second kappa shape index (κ2) is 15.4. The fourth-order valence-electron chi connectivity index (χ4n) is 7.68. The molecule has 2 aromatic rings. The van der Waals surface area contributed by atoms with Gasteiger partial charge in [0.1, 0.15) is 5.75 Å². The van der Waals surface area contributed by atoms with E-state index in [1.165, 1.54) is 0 Å². The monoisotopic (exact) mass is 661 g/mol. The third-order valence-corrected chi connectivity index (χ3v) is 10.3. The zero-order chi connectivity index (χ0) is 33.6. The number of likely N-dealkylation sites (tertiary alicyclic amines) is 2. The minimum absolute atomic E-state index is 0.00611. The van der Waals surface area contributed by atoms with Gasteiger partial charge in [-0.1, -0.05) is 30.3 Å². The molecule has 3 saturated heterocycles. The highest BCUT2D eigenvalue weighted by Crippen LogP contribution is 2.28. The number of rotatable bonds is 8. The van der Waals surface area contributed by atoms with Crippen molar-refractivity contribution in [2.24, 2.45) is 0 Å². The van der Waals surface area contributed by atoms with E-state index in [4.69, 9.17) is 14.2 Å². The third kappa shape index (κ3) is 7.76. The van der Waals surface area contributed by atoms with Crippen LogP contribution in [0.15, 0.2) is 36.4 Å². The molecule has 1 atom stereocenters. The molecule has 0 aliphatic carbocycles. The van der Waals surface area contributed by atoms with Crippen LogP contribution in [0.1, 0.15) is 47.9 Å². The van der Waals surface area contributed by atoms with Crippen LogP contribution in [0.4, 0.5) is 15.3 Å². The Hall–Kier alpha value is -4.16. The van der Waals surface area contributed by atoms with Gasteiger partial charge in [-0.25, -0.2) is 9.59 Å². The number of anilines is 1. The Bertz CT molecular complexity index is 1460. The first-order valence-electron chi connectivity index (χ1n) is 17.2. The highest BCUT2D eigenvalue weighted by molar-refractivity contribution is 5.91. The molecule has 12 nitrogen and oxygen atoms in total. The van der Waals surface area contributed by atoms with E-state index in [0.29, 0.717) is 63.8 Å². The number of benzene rings is 2. The molecule has 4 aliphatic rings. The Kier molecular flexibility index (Phi) is 10.8. The summed E-state index contributed by atoms with van der Waals surface area (Å²) in [5.41, 5.74) is 4.33. The van der Waals surface area contributed by atoms with E-state index in [1.54, 1.807) is 4.90 Å². The minimum atomic E-state index is -0.998. The first kappa shape index (κ1) is 33.7. The van der Waals surface area contributed by atoms with Crippen molar-refractivity contribution in [1.29, 1.82) is 0 Å². The van der Waals surface area contributed by atoms with Gasteiger partial charge in [0, 0.05) is 70.0 Å². The van der Waals surface area contributed by atoms with Crippen molar-refractivity contribution >= 4 is 30.2 Å². The Morgan fingerprint density at radius 2 is 1.56 bits per heavy atom. The number of aryl methyl sites for hydroxylation is 2. The summed E-state index contributed by atoms with van der Waals surface area (Å²) < 4.78 is 16.7. The van der Waals surface area contributed by atoms with Crippen LogP contribution in [0.5, 0.6) is 5.75 Å². The van der Waals surface area contributed by atoms with Gasteiger partial charge in [0.05, 0.1) is 13.2 Å². The lowest BCUT2D eigenvalue weighted by molar-refractivity contribution is -0.142. The highest BCUT2D eigenvalue weighted by atomic mass is 16.6. The molecule has 0 radical (unpaired) electrons. The van der Waals surface area contributed by atoms with Crippen molar-refractivity contribution in [3.05, 3.63) is 58.7 Å². The topological polar surface area (TPSA) is 121 Å². The molecule has 0 aromatic heterocycles. The van der Waals surface area contributed by atoms with E-state index in [9.17, 15) is 19.2 Å². The van der Waals surface area contributed by atoms with Crippen LogP contribution < -0.4 is 10.1 Å². The molecule has 258 valence electrons. The maximum Gasteiger partial charge on any atom is 0.410 e. The summed E-state index contributed by atoms with van der Waals surface area (Å²) in [5, 5.41) is 3.04. The van der Waals surface area contributed by atoms with Crippen molar-refractivity contribution in [3.8, 4) is 5.75 Å². The molecule has 0 spiro atoms. The first-order chi connectivity index (χ1) is 23.3. The van der Waals surface area contributed by atoms with Gasteiger partial charge in [-0.15, -0.1) is 0 Å². The maximum absolute atomic E-state index is 14.0. The molecule has 3 fully saturated rings. The zero-order valence-electron chi connectivity index (χ0n) is 28.0. The summed E-state index contributed by atoms with van der Waals surface area (Å²) in [4.78, 5) is 59.6. The number of fused-ring (bicyclic) bond motifs is 1. The van der Waals surface area contributed by atoms with Gasteiger partial charge in [0.15, 0.2) is 6.10 Å². The number of urea groups is 1. The average Bonchev–Trinajstić information content (AvgIpc) is 3.27. The van der Waals surface area contributed by atoms with E-state index in [1.807, 2.05) is 60.0 Å². The Morgan fingerprint density at radius 1 is 0.917 bits per heavy atom. The second-order valence-corrected chi connectivity index (χ2v) is 13.3. The van der Waals surface area contributed by atoms with Gasteiger partial charge in [-0.05, 0) is 74.3 Å². The maximum atomic E-state index is 14.0. The number of carbonyl (C=O) groups excluding carboxylic acids is 4. The molecule has 12 heteroatoms. The fourth-order valence-corrected chi connectivity index (χ4v) is 7.68. The largest absolute Gasteiger partial charge is 0.436 e. The van der Waals surface area contributed by atoms with Crippen LogP contribution in [0.2, 0.25) is 0 Å². The summed E-state index contributed by atoms with van der Waals surface area (Å²) in [7, 11) is 0. The molecule has 6 rings (SSSR count). The molecule has 1 unspecified atom stereocenters. The number of amides is 4. The van der Waals surface area contributed by atoms with E-state index < -0.39 is 12.2 Å². The number of carbonyl (C=O) groups is 4. The average molecular weight is 662 g/mol. The Labute approximate surface area is 282 Å². The SMILES string of the molecule is Cc1cc(CC(OC(=O)N2CCC(N3CCc4ccccc4NC3=O)CC2)C(=O)N2CCC(N3CCOCC3)CC2)cc(C)c1OC=O. The molecule has 1 N–H and O–H groups in total. The fraction of sp³-hybridized carbons (Fsp3) is 0.556. The standard InChI is InChI=1S/C36H47N5O7/c1-25-21-27(22-26(2)33(25)47-24-42)23-32(34(43)39-12-8-29(9-13-39)38-17-19-46-20-18-38)48-36(45)40-14-10-30(11-15-40)41-16-7-28-5-3-4-6-31(28)37-35(41)44/h3-6,21-22,24,29-30,32H,7-20,23H2,1-2H3,(H,37,44). The van der Waals surface area contributed by atoms with Crippen molar-refractivity contribution < 1.29 is 33.4 Å². The number of piperidine rings is 2. The molecule has 4 amide bonds. The minimum Gasteiger partial charge on any atom is -0.436 e. The van der Waals surface area contributed by atoms with Gasteiger partial charge >= 0.3 is 12.1 Å². The van der Waals surface area contributed by atoms with Crippen LogP contribution in [0, 0.1) is 13.8 Å². The summed E-state index contributed by atoms with van der Waals surface area (Å²) in [5.74, 6) is 0.298. The number of nitrogens with zero attached hydrogens (tertiary/aromatic N) is 4. The van der Waals surface area contributed by atoms with Crippen LogP contribution in [-0.2, 0) is 31.9 Å². The van der Waals surface area contributed by atoms with Gasteiger partial charge in [-0.3, -0.25) is 14.5 Å². The summed E-state index contributed by atoms with van der Waals surface area (Å²) >= 11 is 0. The van der Waals surface area contributed by atoms with Gasteiger partial charge in [0.2, 0.25) is 0 Å². The number of hydrogen-bond donors (Lipinski definition) is 1. The molecule has 0 bridgehead atoms. The normalized spacial score (nSPS) is 20.4. The summed E-state index contributed by atoms with van der Waals surface area (Å²) in [6.45, 7) is 10.1. The number of nitrogens with one attached hydrogen (secondary N) is 1. The van der Waals surface area contributed by atoms with E-state index in [0.717, 1.165) is 73.5 Å². The number of ether oxygens (including phenoxy) is 3. The van der Waals surface area contributed by atoms with Gasteiger partial charge in [-0.2, -0.15) is 0 Å². The molecular formula is C36H47N5O7. The van der Waals surface area contributed by atoms with Gasteiger partial charge < -0.3 is 34.2 Å². The molecule has 48 heavy (non-hydrogen) atoms. The van der Waals surface area contributed by atoms with Crippen molar-refractivity contribution in [2.75, 3.05) is 64.3 Å². The lowest BCUT2D eigenvalue weighted by Crippen LogP contribution is -2.53. The number of morpholine rings is 1. The second-order valence-electron chi connectivity index (χ2n) is 13.3. The summed E-state index contributed by atoms with van der Waals surface area (Å²) in [6.07, 6.45) is 2.45. The van der Waals surface area contributed by atoms with E-state index in [-0.39, 0.29) is 24.4 Å². The van der Waals surface area contributed by atoms with Crippen molar-refractivity contribution in [3.63, 3.8) is 0 Å². The molecular weight excluding hydrogens is 614 g/mol. The Morgan fingerprint density at radius 3 is 2.25 bits per heavy atom. The lowest BCUT2D eigenvalue weighted by atomic mass is 9.98. The van der Waals surface area contributed by atoms with Crippen molar-refractivity contribution in [2.45, 2.75) is 70.6 Å². The molecule has 4 heterocycles. The predicted octanol–water partition coefficient (Wildman–Crippen LogP) is 3.76. The molecule has 2 aromatic carbocycles. The first-order valence-corrected chi connectivity index (χ1v) is 17.2. The molecule has 4 aliphatic heterocycles. The smallest absolute Gasteiger partial charge is 0.410 e. The van der Waals surface area contributed by atoms with E-state index >= 15 is 0 Å². The van der Waals surface area contributed by atoms with E-state index in [2.05, 4.69) is 10.2 Å². The Balaban J connectivity index is 1.10. The van der Waals surface area contributed by atoms with Crippen LogP contribution >= 0.6 is 0 Å².